The molecule has 0 bridgehead atoms. The summed E-state index contributed by atoms with van der Waals surface area (Å²) in [6.07, 6.45) is 6.48. The molecule has 1 fully saturated rings. The Balaban J connectivity index is 1.84. The highest BCUT2D eigenvalue weighted by Gasteiger charge is 2.30. The number of likely N-dealkylation sites (N-methyl/N-ethyl adjacent to an activating group) is 1. The van der Waals surface area contributed by atoms with Crippen molar-refractivity contribution in [2.45, 2.75) is 45.7 Å². The maximum atomic E-state index is 12.2. The van der Waals surface area contributed by atoms with Crippen LogP contribution < -0.4 is 11.1 Å². The van der Waals surface area contributed by atoms with Gasteiger partial charge in [-0.15, -0.1) is 0 Å². The molecule has 0 spiro atoms. The average molecular weight is 293 g/mol. The summed E-state index contributed by atoms with van der Waals surface area (Å²) in [6.45, 7) is 8.20. The first-order valence-corrected chi connectivity index (χ1v) is 7.95. The van der Waals surface area contributed by atoms with E-state index in [1.807, 2.05) is 10.9 Å². The summed E-state index contributed by atoms with van der Waals surface area (Å²) in [6, 6.07) is 0.00251. The lowest BCUT2D eigenvalue weighted by Gasteiger charge is -2.17. The summed E-state index contributed by atoms with van der Waals surface area (Å²) in [5, 5.41) is 7.23. The third-order valence-corrected chi connectivity index (χ3v) is 4.35. The summed E-state index contributed by atoms with van der Waals surface area (Å²) < 4.78 is 1.88. The monoisotopic (exact) mass is 293 g/mol. The van der Waals surface area contributed by atoms with Gasteiger partial charge in [0.15, 0.2) is 0 Å². The number of aromatic nitrogens is 2. The van der Waals surface area contributed by atoms with Gasteiger partial charge in [0.25, 0.3) is 0 Å². The van der Waals surface area contributed by atoms with Gasteiger partial charge in [-0.1, -0.05) is 20.3 Å². The van der Waals surface area contributed by atoms with E-state index in [0.717, 1.165) is 51.1 Å². The van der Waals surface area contributed by atoms with Gasteiger partial charge in [-0.3, -0.25) is 9.48 Å². The van der Waals surface area contributed by atoms with Gasteiger partial charge in [-0.05, 0) is 25.9 Å². The topological polar surface area (TPSA) is 76.2 Å². The highest BCUT2D eigenvalue weighted by Crippen LogP contribution is 2.25. The summed E-state index contributed by atoms with van der Waals surface area (Å²) in [7, 11) is 0. The van der Waals surface area contributed by atoms with E-state index in [2.05, 4.69) is 29.2 Å². The van der Waals surface area contributed by atoms with E-state index in [1.165, 1.54) is 0 Å². The largest absolute Gasteiger partial charge is 0.327 e. The number of hydrogen-bond acceptors (Lipinski definition) is 4. The maximum absolute atomic E-state index is 12.2. The molecule has 118 valence electrons. The Morgan fingerprint density at radius 3 is 2.86 bits per heavy atom. The molecule has 21 heavy (non-hydrogen) atoms. The molecule has 3 N–H and O–H groups in total. The molecule has 1 heterocycles. The molecule has 0 aliphatic heterocycles. The molecule has 1 aromatic rings. The minimum absolute atomic E-state index is 0.00251. The maximum Gasteiger partial charge on any atom is 0.229 e. The van der Waals surface area contributed by atoms with E-state index in [4.69, 9.17) is 5.73 Å². The molecular formula is C15H27N5O. The van der Waals surface area contributed by atoms with Crippen molar-refractivity contribution in [3.8, 4) is 0 Å². The number of nitrogens with two attached hydrogens (primary N) is 1. The smallest absolute Gasteiger partial charge is 0.229 e. The lowest BCUT2D eigenvalue weighted by molar-refractivity contribution is -0.120. The van der Waals surface area contributed by atoms with E-state index in [9.17, 15) is 4.79 Å². The fraction of sp³-hybridized carbons (Fsp3) is 0.733. The van der Waals surface area contributed by atoms with Crippen LogP contribution in [-0.2, 0) is 11.3 Å². The zero-order valence-electron chi connectivity index (χ0n) is 13.1. The van der Waals surface area contributed by atoms with E-state index in [1.54, 1.807) is 6.20 Å². The van der Waals surface area contributed by atoms with Crippen LogP contribution in [0.4, 0.5) is 5.69 Å². The molecule has 2 unspecified atom stereocenters. The van der Waals surface area contributed by atoms with Crippen LogP contribution in [-0.4, -0.2) is 46.3 Å². The van der Waals surface area contributed by atoms with Crippen molar-refractivity contribution in [2.24, 2.45) is 11.7 Å². The number of carbonyl (C=O) groups is 1. The highest BCUT2D eigenvalue weighted by molar-refractivity contribution is 5.92. The van der Waals surface area contributed by atoms with Gasteiger partial charge in [-0.2, -0.15) is 5.10 Å². The number of hydrogen-bond donors (Lipinski definition) is 2. The molecule has 1 saturated carbocycles. The first kappa shape index (κ1) is 16.0. The van der Waals surface area contributed by atoms with Gasteiger partial charge in [0, 0.05) is 18.8 Å². The minimum Gasteiger partial charge on any atom is -0.327 e. The third-order valence-electron chi connectivity index (χ3n) is 4.35. The van der Waals surface area contributed by atoms with Crippen molar-refractivity contribution < 1.29 is 4.79 Å². The molecule has 2 atom stereocenters. The fourth-order valence-corrected chi connectivity index (χ4v) is 2.88. The van der Waals surface area contributed by atoms with E-state index < -0.39 is 0 Å². The van der Waals surface area contributed by atoms with Crippen LogP contribution in [0.25, 0.3) is 0 Å². The number of anilines is 1. The first-order chi connectivity index (χ1) is 10.1. The quantitative estimate of drug-likeness (QED) is 0.794. The molecule has 0 aromatic carbocycles. The van der Waals surface area contributed by atoms with Crippen LogP contribution >= 0.6 is 0 Å². The second kappa shape index (κ2) is 7.56. The van der Waals surface area contributed by atoms with E-state index in [0.29, 0.717) is 0 Å². The number of carbonyl (C=O) groups excluding carboxylic acids is 1. The molecular weight excluding hydrogens is 266 g/mol. The standard InChI is InChI=1S/C15H27N5O/c1-3-19(4-2)8-9-20-11-12(10-17-20)18-15(21)13-6-5-7-14(13)16/h10-11,13-14H,3-9,16H2,1-2H3,(H,18,21). The molecule has 6 heteroatoms. The van der Waals surface area contributed by atoms with E-state index >= 15 is 0 Å². The van der Waals surface area contributed by atoms with Crippen LogP contribution in [0.5, 0.6) is 0 Å². The van der Waals surface area contributed by atoms with Gasteiger partial charge in [0.05, 0.1) is 24.3 Å². The van der Waals surface area contributed by atoms with Gasteiger partial charge in [-0.25, -0.2) is 0 Å². The number of nitrogens with one attached hydrogen (secondary N) is 1. The van der Waals surface area contributed by atoms with Crippen molar-refractivity contribution in [3.05, 3.63) is 12.4 Å². The predicted molar refractivity (Wildman–Crippen MR) is 84.0 cm³/mol. The van der Waals surface area contributed by atoms with Crippen LogP contribution in [0.3, 0.4) is 0 Å². The molecule has 1 aromatic heterocycles. The van der Waals surface area contributed by atoms with E-state index in [-0.39, 0.29) is 17.9 Å². The molecule has 6 nitrogen and oxygen atoms in total. The highest BCUT2D eigenvalue weighted by atomic mass is 16.1. The Morgan fingerprint density at radius 2 is 2.24 bits per heavy atom. The Morgan fingerprint density at radius 1 is 1.48 bits per heavy atom. The average Bonchev–Trinajstić information content (AvgIpc) is 3.09. The predicted octanol–water partition coefficient (Wildman–Crippen LogP) is 1.29. The fourth-order valence-electron chi connectivity index (χ4n) is 2.88. The third kappa shape index (κ3) is 4.28. The van der Waals surface area contributed by atoms with Gasteiger partial charge in [0.2, 0.25) is 5.91 Å². The molecule has 1 amide bonds. The minimum atomic E-state index is -0.0518. The number of amides is 1. The van der Waals surface area contributed by atoms with Crippen LogP contribution in [0.15, 0.2) is 12.4 Å². The molecule has 2 rings (SSSR count). The lowest BCUT2D eigenvalue weighted by Crippen LogP contribution is -2.34. The Kier molecular flexibility index (Phi) is 5.76. The zero-order valence-corrected chi connectivity index (χ0v) is 13.1. The normalized spacial score (nSPS) is 21.9. The molecule has 1 aliphatic carbocycles. The summed E-state index contributed by atoms with van der Waals surface area (Å²) in [4.78, 5) is 14.5. The van der Waals surface area contributed by atoms with Crippen LogP contribution in [0, 0.1) is 5.92 Å². The van der Waals surface area contributed by atoms with Crippen LogP contribution in [0.1, 0.15) is 33.1 Å². The summed E-state index contributed by atoms with van der Waals surface area (Å²) in [5.41, 5.74) is 6.73. The van der Waals surface area contributed by atoms with Crippen molar-refractivity contribution in [2.75, 3.05) is 25.0 Å². The first-order valence-electron chi connectivity index (χ1n) is 7.95. The van der Waals surface area contributed by atoms with Gasteiger partial charge < -0.3 is 16.0 Å². The summed E-state index contributed by atoms with van der Waals surface area (Å²) >= 11 is 0. The SMILES string of the molecule is CCN(CC)CCn1cc(NC(=O)C2CCCC2N)cn1. The van der Waals surface area contributed by atoms with Crippen LogP contribution in [0.2, 0.25) is 0 Å². The Bertz CT molecular complexity index is 455. The lowest BCUT2D eigenvalue weighted by atomic mass is 10.0. The Labute approximate surface area is 126 Å². The van der Waals surface area contributed by atoms with Crippen molar-refractivity contribution in [1.82, 2.24) is 14.7 Å². The second-order valence-corrected chi connectivity index (χ2v) is 5.71. The molecule has 0 saturated heterocycles. The summed E-state index contributed by atoms with van der Waals surface area (Å²) in [5.74, 6) is -0.0210. The van der Waals surface area contributed by atoms with Gasteiger partial charge >= 0.3 is 0 Å². The Hall–Kier alpha value is -1.40. The number of nitrogens with zero attached hydrogens (tertiary/aromatic N) is 3. The molecule has 1 aliphatic rings. The van der Waals surface area contributed by atoms with Crippen molar-refractivity contribution in [1.29, 1.82) is 0 Å². The number of rotatable bonds is 7. The van der Waals surface area contributed by atoms with Crippen molar-refractivity contribution >= 4 is 11.6 Å². The molecule has 0 radical (unpaired) electrons. The van der Waals surface area contributed by atoms with Gasteiger partial charge in [0.1, 0.15) is 0 Å². The zero-order chi connectivity index (χ0) is 15.2. The van der Waals surface area contributed by atoms with Crippen molar-refractivity contribution in [3.63, 3.8) is 0 Å². The second-order valence-electron chi connectivity index (χ2n) is 5.71.